The van der Waals surface area contributed by atoms with Gasteiger partial charge in [0.1, 0.15) is 5.82 Å². The Labute approximate surface area is 130 Å². The fourth-order valence-electron chi connectivity index (χ4n) is 2.13. The Morgan fingerprint density at radius 1 is 1.13 bits per heavy atom. The number of H-pyrrole nitrogens is 1. The fraction of sp³-hybridized carbons (Fsp3) is 0.0625. The van der Waals surface area contributed by atoms with Gasteiger partial charge in [0.2, 0.25) is 5.91 Å². The first kappa shape index (κ1) is 14.7. The van der Waals surface area contributed by atoms with Crippen molar-refractivity contribution in [2.24, 2.45) is 0 Å². The van der Waals surface area contributed by atoms with Gasteiger partial charge in [-0.25, -0.2) is 4.39 Å². The number of amides is 2. The van der Waals surface area contributed by atoms with Gasteiger partial charge in [-0.05, 0) is 30.3 Å². The average molecular weight is 312 g/mol. The minimum Gasteiger partial charge on any atom is -0.343 e. The molecule has 0 saturated heterocycles. The van der Waals surface area contributed by atoms with Crippen LogP contribution in [0.1, 0.15) is 10.4 Å². The first-order valence-electron chi connectivity index (χ1n) is 6.89. The summed E-state index contributed by atoms with van der Waals surface area (Å²) in [6, 6.07) is 10.5. The molecule has 0 fully saturated rings. The molecule has 0 bridgehead atoms. The Balaban J connectivity index is 1.60. The predicted molar refractivity (Wildman–Crippen MR) is 83.5 cm³/mol. The zero-order valence-electron chi connectivity index (χ0n) is 12.0. The number of hydrogen-bond donors (Lipinski definition) is 3. The third-order valence-electron chi connectivity index (χ3n) is 3.27. The quantitative estimate of drug-likeness (QED) is 0.689. The number of nitrogens with zero attached hydrogens (tertiary/aromatic N) is 1. The molecule has 3 rings (SSSR count). The molecule has 7 heteroatoms. The molecule has 0 saturated carbocycles. The first-order chi connectivity index (χ1) is 11.1. The largest absolute Gasteiger partial charge is 0.343 e. The Hall–Kier alpha value is -3.22. The van der Waals surface area contributed by atoms with Crippen LogP contribution in [-0.4, -0.2) is 28.6 Å². The van der Waals surface area contributed by atoms with Gasteiger partial charge in [0.15, 0.2) is 0 Å². The van der Waals surface area contributed by atoms with Crippen LogP contribution in [0.25, 0.3) is 10.9 Å². The maximum atomic E-state index is 12.8. The van der Waals surface area contributed by atoms with Crippen molar-refractivity contribution in [3.63, 3.8) is 0 Å². The molecular weight excluding hydrogens is 299 g/mol. The average Bonchev–Trinajstić information content (AvgIpc) is 3.03. The van der Waals surface area contributed by atoms with Gasteiger partial charge in [-0.2, -0.15) is 5.10 Å². The van der Waals surface area contributed by atoms with Crippen molar-refractivity contribution in [3.05, 3.63) is 60.0 Å². The number of nitrogens with one attached hydrogen (secondary N) is 3. The number of aromatic nitrogens is 2. The Kier molecular flexibility index (Phi) is 4.01. The highest BCUT2D eigenvalue weighted by atomic mass is 19.1. The molecule has 116 valence electrons. The molecule has 0 atom stereocenters. The summed E-state index contributed by atoms with van der Waals surface area (Å²) in [6.45, 7) is -0.194. The molecular formula is C16H13FN4O2. The lowest BCUT2D eigenvalue weighted by Gasteiger charge is -2.08. The van der Waals surface area contributed by atoms with Gasteiger partial charge in [0.25, 0.3) is 5.91 Å². The highest BCUT2D eigenvalue weighted by Gasteiger charge is 2.10. The molecule has 0 spiro atoms. The van der Waals surface area contributed by atoms with Crippen molar-refractivity contribution in [1.29, 1.82) is 0 Å². The summed E-state index contributed by atoms with van der Waals surface area (Å²) in [4.78, 5) is 23.8. The van der Waals surface area contributed by atoms with Crippen molar-refractivity contribution < 1.29 is 14.0 Å². The van der Waals surface area contributed by atoms with Crippen LogP contribution < -0.4 is 10.6 Å². The Bertz CT molecular complexity index is 858. The van der Waals surface area contributed by atoms with Crippen LogP contribution >= 0.6 is 0 Å². The zero-order chi connectivity index (χ0) is 16.2. The van der Waals surface area contributed by atoms with Gasteiger partial charge in [-0.15, -0.1) is 0 Å². The van der Waals surface area contributed by atoms with Crippen LogP contribution in [0, 0.1) is 5.82 Å². The van der Waals surface area contributed by atoms with Gasteiger partial charge in [-0.3, -0.25) is 14.7 Å². The summed E-state index contributed by atoms with van der Waals surface area (Å²) in [7, 11) is 0. The predicted octanol–water partition coefficient (Wildman–Crippen LogP) is 2.07. The molecule has 3 N–H and O–H groups in total. The standard InChI is InChI=1S/C16H13FN4O2/c17-12-6-4-10(5-7-12)16(23)18-9-14(22)20-13-3-1-2-11-8-19-21-15(11)13/h1-8H,9H2,(H,18,23)(H,19,21)(H,20,22). The first-order valence-corrected chi connectivity index (χ1v) is 6.89. The fourth-order valence-corrected chi connectivity index (χ4v) is 2.13. The second-order valence-corrected chi connectivity index (χ2v) is 4.88. The number of carbonyl (C=O) groups is 2. The molecule has 0 aliphatic rings. The van der Waals surface area contributed by atoms with Crippen molar-refractivity contribution in [2.75, 3.05) is 11.9 Å². The van der Waals surface area contributed by atoms with E-state index in [0.29, 0.717) is 11.2 Å². The van der Waals surface area contributed by atoms with E-state index in [2.05, 4.69) is 20.8 Å². The summed E-state index contributed by atoms with van der Waals surface area (Å²) < 4.78 is 12.8. The van der Waals surface area contributed by atoms with E-state index in [0.717, 1.165) is 5.39 Å². The van der Waals surface area contributed by atoms with E-state index in [1.165, 1.54) is 24.3 Å². The normalized spacial score (nSPS) is 10.5. The molecule has 3 aromatic rings. The highest BCUT2D eigenvalue weighted by molar-refractivity contribution is 6.03. The van der Waals surface area contributed by atoms with E-state index in [1.54, 1.807) is 18.3 Å². The maximum Gasteiger partial charge on any atom is 0.251 e. The molecule has 0 radical (unpaired) electrons. The summed E-state index contributed by atoms with van der Waals surface area (Å²) in [6.07, 6.45) is 1.65. The second-order valence-electron chi connectivity index (χ2n) is 4.88. The number of aromatic amines is 1. The lowest BCUT2D eigenvalue weighted by atomic mass is 10.2. The Morgan fingerprint density at radius 2 is 1.91 bits per heavy atom. The number of halogens is 1. The zero-order valence-corrected chi connectivity index (χ0v) is 12.0. The summed E-state index contributed by atoms with van der Waals surface area (Å²) in [5.41, 5.74) is 1.58. The van der Waals surface area contributed by atoms with Gasteiger partial charge < -0.3 is 10.6 Å². The van der Waals surface area contributed by atoms with Gasteiger partial charge in [-0.1, -0.05) is 12.1 Å². The van der Waals surface area contributed by atoms with E-state index in [-0.39, 0.29) is 18.0 Å². The van der Waals surface area contributed by atoms with Crippen molar-refractivity contribution >= 4 is 28.4 Å². The second kappa shape index (κ2) is 6.27. The summed E-state index contributed by atoms with van der Waals surface area (Å²) >= 11 is 0. The molecule has 23 heavy (non-hydrogen) atoms. The smallest absolute Gasteiger partial charge is 0.251 e. The lowest BCUT2D eigenvalue weighted by molar-refractivity contribution is -0.115. The topological polar surface area (TPSA) is 86.9 Å². The van der Waals surface area contributed by atoms with Gasteiger partial charge >= 0.3 is 0 Å². The van der Waals surface area contributed by atoms with Gasteiger partial charge in [0, 0.05) is 10.9 Å². The van der Waals surface area contributed by atoms with Crippen molar-refractivity contribution in [2.45, 2.75) is 0 Å². The monoisotopic (exact) mass is 312 g/mol. The van der Waals surface area contributed by atoms with Crippen LogP contribution in [0.5, 0.6) is 0 Å². The molecule has 1 aromatic heterocycles. The van der Waals surface area contributed by atoms with Crippen molar-refractivity contribution in [3.8, 4) is 0 Å². The third kappa shape index (κ3) is 3.34. The van der Waals surface area contributed by atoms with Crippen LogP contribution in [0.15, 0.2) is 48.7 Å². The van der Waals surface area contributed by atoms with E-state index in [4.69, 9.17) is 0 Å². The van der Waals surface area contributed by atoms with Crippen LogP contribution in [0.3, 0.4) is 0 Å². The molecule has 1 heterocycles. The molecule has 0 aliphatic carbocycles. The van der Waals surface area contributed by atoms with Crippen LogP contribution in [0.4, 0.5) is 10.1 Å². The van der Waals surface area contributed by atoms with E-state index in [9.17, 15) is 14.0 Å². The molecule has 2 aromatic carbocycles. The van der Waals surface area contributed by atoms with E-state index in [1.807, 2.05) is 6.07 Å². The third-order valence-corrected chi connectivity index (χ3v) is 3.27. The maximum absolute atomic E-state index is 12.8. The number of benzene rings is 2. The highest BCUT2D eigenvalue weighted by Crippen LogP contribution is 2.20. The number of hydrogen-bond acceptors (Lipinski definition) is 3. The molecule has 0 unspecified atom stereocenters. The summed E-state index contributed by atoms with van der Waals surface area (Å²) in [5.74, 6) is -1.24. The number of para-hydroxylation sites is 1. The number of carbonyl (C=O) groups excluding carboxylic acids is 2. The molecule has 2 amide bonds. The Morgan fingerprint density at radius 3 is 2.70 bits per heavy atom. The SMILES string of the molecule is O=C(CNC(=O)c1ccc(F)cc1)Nc1cccc2cn[nH]c12. The van der Waals surface area contributed by atoms with Gasteiger partial charge in [0.05, 0.1) is 23.9 Å². The lowest BCUT2D eigenvalue weighted by Crippen LogP contribution is -2.32. The number of fused-ring (bicyclic) bond motifs is 1. The van der Waals surface area contributed by atoms with E-state index < -0.39 is 11.7 Å². The van der Waals surface area contributed by atoms with Crippen molar-refractivity contribution in [1.82, 2.24) is 15.5 Å². The minimum atomic E-state index is -0.445. The van der Waals surface area contributed by atoms with Crippen LogP contribution in [-0.2, 0) is 4.79 Å². The minimum absolute atomic E-state index is 0.194. The van der Waals surface area contributed by atoms with Crippen LogP contribution in [0.2, 0.25) is 0 Å². The molecule has 0 aliphatic heterocycles. The van der Waals surface area contributed by atoms with E-state index >= 15 is 0 Å². The molecule has 6 nitrogen and oxygen atoms in total. The number of rotatable bonds is 4. The summed E-state index contributed by atoms with van der Waals surface area (Å²) in [5, 5.41) is 12.8. The number of anilines is 1.